The number of carbonyl (C=O) groups is 1. The summed E-state index contributed by atoms with van der Waals surface area (Å²) >= 11 is 0. The van der Waals surface area contributed by atoms with Crippen molar-refractivity contribution >= 4 is 17.3 Å². The summed E-state index contributed by atoms with van der Waals surface area (Å²) in [6.45, 7) is 9.47. The number of amides is 1. The van der Waals surface area contributed by atoms with E-state index in [1.54, 1.807) is 12.3 Å². The van der Waals surface area contributed by atoms with E-state index in [-0.39, 0.29) is 17.4 Å². The lowest BCUT2D eigenvalue weighted by molar-refractivity contribution is -0.136. The van der Waals surface area contributed by atoms with Crippen molar-refractivity contribution in [1.82, 2.24) is 14.7 Å². The largest absolute Gasteiger partial charge is 0.369 e. The molecule has 3 aromatic rings. The third-order valence-electron chi connectivity index (χ3n) is 7.67. The SMILES string of the molecule is Cc1cccc(N2CCN(C(=O)[C@@H]3CCCN(c4cnn(Cc5ccccc5)c(=O)c4)C3)CC2)c1C. The molecule has 5 rings (SSSR count). The molecule has 1 atom stereocenters. The summed E-state index contributed by atoms with van der Waals surface area (Å²) in [4.78, 5) is 32.7. The van der Waals surface area contributed by atoms with Crippen molar-refractivity contribution in [3.05, 3.63) is 87.8 Å². The molecule has 7 nitrogen and oxygen atoms in total. The topological polar surface area (TPSA) is 61.7 Å². The van der Waals surface area contributed by atoms with Crippen molar-refractivity contribution < 1.29 is 4.79 Å². The average Bonchev–Trinajstić information content (AvgIpc) is 2.92. The van der Waals surface area contributed by atoms with Crippen LogP contribution < -0.4 is 15.4 Å². The second kappa shape index (κ2) is 10.6. The van der Waals surface area contributed by atoms with Gasteiger partial charge in [0.2, 0.25) is 5.91 Å². The van der Waals surface area contributed by atoms with Crippen LogP contribution in [0.5, 0.6) is 0 Å². The number of anilines is 2. The summed E-state index contributed by atoms with van der Waals surface area (Å²) in [5.74, 6) is 0.198. The van der Waals surface area contributed by atoms with E-state index in [0.29, 0.717) is 13.1 Å². The standard InChI is InChI=1S/C29H35N5O2/c1-22-8-6-12-27(23(22)2)31-14-16-32(17-15-31)29(36)25-11-7-13-33(21-25)26-18-28(35)34(30-19-26)20-24-9-4-3-5-10-24/h3-6,8-10,12,18-19,25H,7,11,13-17,20-21H2,1-2H3/t25-/m1/s1. The van der Waals surface area contributed by atoms with Crippen LogP contribution in [0.3, 0.4) is 0 Å². The summed E-state index contributed by atoms with van der Waals surface area (Å²) in [5.41, 5.74) is 5.63. The summed E-state index contributed by atoms with van der Waals surface area (Å²) in [5, 5.41) is 4.42. The Morgan fingerprint density at radius 2 is 1.72 bits per heavy atom. The molecule has 1 aromatic heterocycles. The van der Waals surface area contributed by atoms with Crippen LogP contribution in [0.15, 0.2) is 65.6 Å². The first-order valence-corrected chi connectivity index (χ1v) is 13.0. The summed E-state index contributed by atoms with van der Waals surface area (Å²) in [6, 6.07) is 18.0. The van der Waals surface area contributed by atoms with Crippen molar-refractivity contribution in [3.8, 4) is 0 Å². The van der Waals surface area contributed by atoms with Crippen LogP contribution >= 0.6 is 0 Å². The molecule has 0 N–H and O–H groups in total. The quantitative estimate of drug-likeness (QED) is 0.554. The third-order valence-corrected chi connectivity index (χ3v) is 7.67. The highest BCUT2D eigenvalue weighted by molar-refractivity contribution is 5.80. The zero-order valence-electron chi connectivity index (χ0n) is 21.3. The fourth-order valence-corrected chi connectivity index (χ4v) is 5.39. The number of aryl methyl sites for hydroxylation is 1. The normalized spacial score (nSPS) is 18.4. The molecule has 3 heterocycles. The minimum absolute atomic E-state index is 0.0437. The highest BCUT2D eigenvalue weighted by Gasteiger charge is 2.31. The van der Waals surface area contributed by atoms with Crippen molar-refractivity contribution in [2.75, 3.05) is 49.1 Å². The monoisotopic (exact) mass is 485 g/mol. The van der Waals surface area contributed by atoms with E-state index >= 15 is 0 Å². The first-order chi connectivity index (χ1) is 17.5. The predicted octanol–water partition coefficient (Wildman–Crippen LogP) is 3.47. The second-order valence-corrected chi connectivity index (χ2v) is 10.0. The highest BCUT2D eigenvalue weighted by Crippen LogP contribution is 2.26. The van der Waals surface area contributed by atoms with Gasteiger partial charge in [-0.2, -0.15) is 5.10 Å². The van der Waals surface area contributed by atoms with Gasteiger partial charge in [0.15, 0.2) is 0 Å². The molecule has 2 saturated heterocycles. The molecule has 0 radical (unpaired) electrons. The minimum Gasteiger partial charge on any atom is -0.369 e. The van der Waals surface area contributed by atoms with Gasteiger partial charge in [-0.3, -0.25) is 9.59 Å². The van der Waals surface area contributed by atoms with Crippen LogP contribution in [0.1, 0.15) is 29.5 Å². The lowest BCUT2D eigenvalue weighted by Crippen LogP contribution is -2.52. The number of benzene rings is 2. The molecule has 0 saturated carbocycles. The fourth-order valence-electron chi connectivity index (χ4n) is 5.39. The molecule has 188 valence electrons. The maximum Gasteiger partial charge on any atom is 0.269 e. The van der Waals surface area contributed by atoms with E-state index in [4.69, 9.17) is 0 Å². The fraction of sp³-hybridized carbons (Fsp3) is 0.414. The van der Waals surface area contributed by atoms with Gasteiger partial charge in [-0.05, 0) is 49.4 Å². The van der Waals surface area contributed by atoms with Gasteiger partial charge in [-0.25, -0.2) is 4.68 Å². The molecule has 2 aromatic carbocycles. The maximum absolute atomic E-state index is 13.4. The molecule has 2 fully saturated rings. The van der Waals surface area contributed by atoms with E-state index in [2.05, 4.69) is 46.9 Å². The number of hydrogen-bond donors (Lipinski definition) is 0. The summed E-state index contributed by atoms with van der Waals surface area (Å²) < 4.78 is 1.49. The van der Waals surface area contributed by atoms with E-state index in [0.717, 1.165) is 56.8 Å². The van der Waals surface area contributed by atoms with Crippen LogP contribution in [0.25, 0.3) is 0 Å². The van der Waals surface area contributed by atoms with Gasteiger partial charge in [0.25, 0.3) is 5.56 Å². The van der Waals surface area contributed by atoms with Crippen molar-refractivity contribution in [3.63, 3.8) is 0 Å². The molecule has 1 amide bonds. The number of nitrogens with zero attached hydrogens (tertiary/aromatic N) is 5. The molecule has 7 heteroatoms. The van der Waals surface area contributed by atoms with Crippen molar-refractivity contribution in [2.24, 2.45) is 5.92 Å². The van der Waals surface area contributed by atoms with Crippen LogP contribution in [-0.4, -0.2) is 59.9 Å². The first-order valence-electron chi connectivity index (χ1n) is 13.0. The Morgan fingerprint density at radius 1 is 0.944 bits per heavy atom. The van der Waals surface area contributed by atoms with Gasteiger partial charge in [-0.15, -0.1) is 0 Å². The Labute approximate surface area is 212 Å². The predicted molar refractivity (Wildman–Crippen MR) is 144 cm³/mol. The Kier molecular flexibility index (Phi) is 7.07. The van der Waals surface area contributed by atoms with E-state index in [9.17, 15) is 9.59 Å². The van der Waals surface area contributed by atoms with Gasteiger partial charge in [0, 0.05) is 51.0 Å². The molecular formula is C29H35N5O2. The van der Waals surface area contributed by atoms with Crippen molar-refractivity contribution in [2.45, 2.75) is 33.2 Å². The smallest absolute Gasteiger partial charge is 0.269 e. The number of rotatable bonds is 5. The van der Waals surface area contributed by atoms with Gasteiger partial charge in [0.1, 0.15) is 0 Å². The number of piperidine rings is 1. The average molecular weight is 486 g/mol. The number of aromatic nitrogens is 2. The molecule has 0 spiro atoms. The van der Waals surface area contributed by atoms with Crippen LogP contribution in [0, 0.1) is 19.8 Å². The van der Waals surface area contributed by atoms with E-state index < -0.39 is 0 Å². The molecule has 0 aliphatic carbocycles. The zero-order valence-corrected chi connectivity index (χ0v) is 21.3. The van der Waals surface area contributed by atoms with Crippen LogP contribution in [0.2, 0.25) is 0 Å². The van der Waals surface area contributed by atoms with Crippen LogP contribution in [-0.2, 0) is 11.3 Å². The van der Waals surface area contributed by atoms with Crippen LogP contribution in [0.4, 0.5) is 11.4 Å². The third kappa shape index (κ3) is 5.15. The Balaban J connectivity index is 1.20. The first kappa shape index (κ1) is 24.1. The number of carbonyl (C=O) groups excluding carboxylic acids is 1. The summed E-state index contributed by atoms with van der Waals surface area (Å²) in [6.07, 6.45) is 3.59. The Bertz CT molecular complexity index is 1260. The maximum atomic E-state index is 13.4. The Hall–Kier alpha value is -3.61. The molecule has 36 heavy (non-hydrogen) atoms. The highest BCUT2D eigenvalue weighted by atomic mass is 16.2. The molecule has 0 unspecified atom stereocenters. The van der Waals surface area contributed by atoms with Gasteiger partial charge >= 0.3 is 0 Å². The summed E-state index contributed by atoms with van der Waals surface area (Å²) in [7, 11) is 0. The molecule has 2 aliphatic heterocycles. The zero-order chi connectivity index (χ0) is 25.1. The lowest BCUT2D eigenvalue weighted by Gasteiger charge is -2.40. The van der Waals surface area contributed by atoms with Gasteiger partial charge in [-0.1, -0.05) is 42.5 Å². The molecule has 0 bridgehead atoms. The second-order valence-electron chi connectivity index (χ2n) is 10.0. The van der Waals surface area contributed by atoms with E-state index in [1.807, 2.05) is 35.2 Å². The van der Waals surface area contributed by atoms with Gasteiger partial charge in [0.05, 0.1) is 24.3 Å². The minimum atomic E-state index is -0.118. The van der Waals surface area contributed by atoms with E-state index in [1.165, 1.54) is 21.5 Å². The number of hydrogen-bond acceptors (Lipinski definition) is 5. The Morgan fingerprint density at radius 3 is 2.47 bits per heavy atom. The lowest BCUT2D eigenvalue weighted by atomic mass is 9.95. The van der Waals surface area contributed by atoms with Gasteiger partial charge < -0.3 is 14.7 Å². The van der Waals surface area contributed by atoms with Crippen molar-refractivity contribution in [1.29, 1.82) is 0 Å². The number of piperazine rings is 1. The molecular weight excluding hydrogens is 450 g/mol. The molecule has 2 aliphatic rings.